The number of hydrogen-bond donors (Lipinski definition) is 0. The molecule has 4 aromatic carbocycles. The normalized spacial score (nSPS) is 14.5. The van der Waals surface area contributed by atoms with E-state index in [9.17, 15) is 8.42 Å². The standard InChI is InChI=1S/C33H30ClN3O3S/c1-24-10-8-9-15-29(24)31-35-32(41(38,39)28-18-16-27(34)17-19-28)33(40-31)37-22-20-36(21-23-37)30(25-11-4-2-5-12-25)26-13-6-3-7-14-26/h2-19,30H,20-23H2,1H3. The second-order valence-electron chi connectivity index (χ2n) is 10.1. The zero-order valence-corrected chi connectivity index (χ0v) is 24.2. The van der Waals surface area contributed by atoms with Crippen molar-refractivity contribution < 1.29 is 12.8 Å². The molecular weight excluding hydrogens is 554 g/mol. The van der Waals surface area contributed by atoms with Crippen molar-refractivity contribution in [3.8, 4) is 11.5 Å². The van der Waals surface area contributed by atoms with E-state index in [1.54, 1.807) is 12.1 Å². The summed E-state index contributed by atoms with van der Waals surface area (Å²) >= 11 is 6.05. The molecule has 1 fully saturated rings. The Morgan fingerprint density at radius 3 is 1.90 bits per heavy atom. The van der Waals surface area contributed by atoms with Crippen LogP contribution in [-0.4, -0.2) is 44.5 Å². The van der Waals surface area contributed by atoms with Crippen LogP contribution in [0.15, 0.2) is 124 Å². The van der Waals surface area contributed by atoms with Gasteiger partial charge < -0.3 is 9.32 Å². The van der Waals surface area contributed by atoms with E-state index < -0.39 is 9.84 Å². The molecule has 0 aliphatic carbocycles. The summed E-state index contributed by atoms with van der Waals surface area (Å²) in [6.45, 7) is 4.56. The number of benzene rings is 4. The van der Waals surface area contributed by atoms with Crippen molar-refractivity contribution in [1.82, 2.24) is 9.88 Å². The monoisotopic (exact) mass is 583 g/mol. The van der Waals surface area contributed by atoms with Crippen LogP contribution in [0.25, 0.3) is 11.5 Å². The van der Waals surface area contributed by atoms with E-state index in [-0.39, 0.29) is 21.8 Å². The van der Waals surface area contributed by atoms with Gasteiger partial charge in [-0.1, -0.05) is 90.5 Å². The number of rotatable bonds is 7. The summed E-state index contributed by atoms with van der Waals surface area (Å²) in [5.41, 5.74) is 4.16. The van der Waals surface area contributed by atoms with Gasteiger partial charge in [0, 0.05) is 36.8 Å². The molecule has 6 rings (SSSR count). The molecule has 208 valence electrons. The summed E-state index contributed by atoms with van der Waals surface area (Å²) in [6, 6.07) is 34.9. The van der Waals surface area contributed by atoms with Gasteiger partial charge in [-0.3, -0.25) is 4.90 Å². The molecule has 0 saturated carbocycles. The van der Waals surface area contributed by atoms with E-state index in [2.05, 4.69) is 58.4 Å². The number of halogens is 1. The maximum absolute atomic E-state index is 13.9. The van der Waals surface area contributed by atoms with Gasteiger partial charge in [0.15, 0.2) is 0 Å². The van der Waals surface area contributed by atoms with Gasteiger partial charge in [0.1, 0.15) is 0 Å². The van der Waals surface area contributed by atoms with Gasteiger partial charge in [0.05, 0.1) is 10.9 Å². The highest BCUT2D eigenvalue weighted by atomic mass is 35.5. The van der Waals surface area contributed by atoms with Gasteiger partial charge in [-0.25, -0.2) is 8.42 Å². The number of aromatic nitrogens is 1. The van der Waals surface area contributed by atoms with Crippen molar-refractivity contribution >= 4 is 27.3 Å². The lowest BCUT2D eigenvalue weighted by atomic mass is 9.96. The molecule has 5 aromatic rings. The van der Waals surface area contributed by atoms with Crippen LogP contribution < -0.4 is 4.90 Å². The van der Waals surface area contributed by atoms with Crippen molar-refractivity contribution in [1.29, 1.82) is 0 Å². The van der Waals surface area contributed by atoms with Gasteiger partial charge in [-0.15, -0.1) is 0 Å². The van der Waals surface area contributed by atoms with E-state index in [4.69, 9.17) is 16.0 Å². The van der Waals surface area contributed by atoms with Gasteiger partial charge in [-0.05, 0) is 53.9 Å². The second kappa shape index (κ2) is 11.5. The highest BCUT2D eigenvalue weighted by Gasteiger charge is 2.34. The lowest BCUT2D eigenvalue weighted by Crippen LogP contribution is -2.48. The fourth-order valence-corrected chi connectivity index (χ4v) is 6.84. The highest BCUT2D eigenvalue weighted by Crippen LogP contribution is 2.37. The third-order valence-electron chi connectivity index (χ3n) is 7.53. The highest BCUT2D eigenvalue weighted by molar-refractivity contribution is 7.91. The van der Waals surface area contributed by atoms with Gasteiger partial charge in [0.2, 0.25) is 26.6 Å². The molecule has 0 unspecified atom stereocenters. The molecule has 1 saturated heterocycles. The number of anilines is 1. The topological polar surface area (TPSA) is 66.7 Å². The zero-order valence-electron chi connectivity index (χ0n) is 22.7. The minimum absolute atomic E-state index is 0.0748. The number of oxazole rings is 1. The summed E-state index contributed by atoms with van der Waals surface area (Å²) < 4.78 is 34.1. The molecule has 2 heterocycles. The molecule has 6 nitrogen and oxygen atoms in total. The smallest absolute Gasteiger partial charge is 0.236 e. The van der Waals surface area contributed by atoms with Crippen LogP contribution in [0.5, 0.6) is 0 Å². The maximum Gasteiger partial charge on any atom is 0.236 e. The fourth-order valence-electron chi connectivity index (χ4n) is 5.39. The minimum Gasteiger partial charge on any atom is -0.419 e. The Kier molecular flexibility index (Phi) is 7.67. The average molecular weight is 584 g/mol. The zero-order chi connectivity index (χ0) is 28.4. The number of sulfone groups is 1. The first kappa shape index (κ1) is 27.3. The Bertz CT molecular complexity index is 1690. The van der Waals surface area contributed by atoms with Crippen LogP contribution in [0.1, 0.15) is 22.7 Å². The van der Waals surface area contributed by atoms with E-state index in [0.29, 0.717) is 24.0 Å². The molecule has 8 heteroatoms. The minimum atomic E-state index is -3.97. The summed E-state index contributed by atoms with van der Waals surface area (Å²) in [4.78, 5) is 9.16. The summed E-state index contributed by atoms with van der Waals surface area (Å²) in [5.74, 6) is 0.563. The first-order chi connectivity index (χ1) is 19.9. The largest absolute Gasteiger partial charge is 0.419 e. The summed E-state index contributed by atoms with van der Waals surface area (Å²) in [5, 5.41) is 0.390. The van der Waals surface area contributed by atoms with Crippen molar-refractivity contribution in [3.63, 3.8) is 0 Å². The third-order valence-corrected chi connectivity index (χ3v) is 9.45. The fraction of sp³-hybridized carbons (Fsp3) is 0.182. The quantitative estimate of drug-likeness (QED) is 0.205. The molecule has 0 spiro atoms. The van der Waals surface area contributed by atoms with Crippen LogP contribution >= 0.6 is 11.6 Å². The van der Waals surface area contributed by atoms with Crippen molar-refractivity contribution in [3.05, 3.63) is 131 Å². The molecule has 0 bridgehead atoms. The Labute approximate surface area is 245 Å². The van der Waals surface area contributed by atoms with E-state index in [1.807, 2.05) is 48.2 Å². The average Bonchev–Trinajstić information content (AvgIpc) is 3.46. The molecule has 0 radical (unpaired) electrons. The van der Waals surface area contributed by atoms with Gasteiger partial charge >= 0.3 is 0 Å². The van der Waals surface area contributed by atoms with Crippen LogP contribution in [0.3, 0.4) is 0 Å². The van der Waals surface area contributed by atoms with Crippen LogP contribution in [-0.2, 0) is 9.84 Å². The Hall–Kier alpha value is -3.91. The van der Waals surface area contributed by atoms with Crippen molar-refractivity contribution in [2.75, 3.05) is 31.1 Å². The first-order valence-corrected chi connectivity index (χ1v) is 15.4. The Balaban J connectivity index is 1.35. The molecule has 0 amide bonds. The number of aryl methyl sites for hydroxylation is 1. The van der Waals surface area contributed by atoms with E-state index in [0.717, 1.165) is 24.2 Å². The molecule has 1 aromatic heterocycles. The third kappa shape index (κ3) is 5.53. The van der Waals surface area contributed by atoms with Gasteiger partial charge in [0.25, 0.3) is 0 Å². The second-order valence-corrected chi connectivity index (χ2v) is 12.4. The molecule has 1 aliphatic rings. The predicted molar refractivity (Wildman–Crippen MR) is 162 cm³/mol. The van der Waals surface area contributed by atoms with Crippen molar-refractivity contribution in [2.24, 2.45) is 0 Å². The Morgan fingerprint density at radius 2 is 1.32 bits per heavy atom. The number of hydrogen-bond acceptors (Lipinski definition) is 6. The lowest BCUT2D eigenvalue weighted by molar-refractivity contribution is 0.209. The summed E-state index contributed by atoms with van der Waals surface area (Å²) in [6.07, 6.45) is 0. The number of piperazine rings is 1. The van der Waals surface area contributed by atoms with Gasteiger partial charge in [-0.2, -0.15) is 4.98 Å². The predicted octanol–water partition coefficient (Wildman–Crippen LogP) is 7.05. The maximum atomic E-state index is 13.9. The van der Waals surface area contributed by atoms with Crippen LogP contribution in [0, 0.1) is 6.92 Å². The van der Waals surface area contributed by atoms with Crippen LogP contribution in [0.4, 0.5) is 5.88 Å². The van der Waals surface area contributed by atoms with Crippen molar-refractivity contribution in [2.45, 2.75) is 22.9 Å². The lowest BCUT2D eigenvalue weighted by Gasteiger charge is -2.39. The Morgan fingerprint density at radius 1 is 0.756 bits per heavy atom. The van der Waals surface area contributed by atoms with Crippen LogP contribution in [0.2, 0.25) is 5.02 Å². The number of nitrogens with zero attached hydrogens (tertiary/aromatic N) is 3. The molecular formula is C33H30ClN3O3S. The van der Waals surface area contributed by atoms with E-state index >= 15 is 0 Å². The summed E-state index contributed by atoms with van der Waals surface area (Å²) in [7, 11) is -3.97. The van der Waals surface area contributed by atoms with E-state index in [1.165, 1.54) is 23.3 Å². The molecule has 1 aliphatic heterocycles. The molecule has 0 atom stereocenters. The first-order valence-electron chi connectivity index (χ1n) is 13.6. The molecule has 0 N–H and O–H groups in total. The SMILES string of the molecule is Cc1ccccc1-c1nc(S(=O)(=O)c2ccc(Cl)cc2)c(N2CCN(C(c3ccccc3)c3ccccc3)CC2)o1. The molecule has 41 heavy (non-hydrogen) atoms.